The van der Waals surface area contributed by atoms with Crippen LogP contribution in [0.5, 0.6) is 0 Å². The largest absolute Gasteiger partial charge is 0.339 e. The van der Waals surface area contributed by atoms with Crippen LogP contribution in [0.4, 0.5) is 10.8 Å². The summed E-state index contributed by atoms with van der Waals surface area (Å²) in [6, 6.07) is 6.07. The fourth-order valence-corrected chi connectivity index (χ4v) is 5.26. The van der Waals surface area contributed by atoms with E-state index in [2.05, 4.69) is 15.6 Å². The first-order chi connectivity index (χ1) is 14.1. The predicted octanol–water partition coefficient (Wildman–Crippen LogP) is 3.03. The smallest absolute Gasteiger partial charge is 0.231 e. The molecular weight excluding hydrogens is 388 g/mol. The van der Waals surface area contributed by atoms with Crippen LogP contribution < -0.4 is 10.6 Å². The highest BCUT2D eigenvalue weighted by molar-refractivity contribution is 7.14. The molecule has 1 aromatic carbocycles. The van der Waals surface area contributed by atoms with Gasteiger partial charge in [-0.05, 0) is 30.5 Å². The highest BCUT2D eigenvalue weighted by atomic mass is 32.1. The minimum absolute atomic E-state index is 0.00105. The van der Waals surface area contributed by atoms with E-state index in [9.17, 15) is 14.4 Å². The molecule has 2 N–H and O–H groups in total. The standard InChI is InChI=1S/C21H22N4O3S/c26-18-8-13-7-12(5-6-16(13)22-18)17-11-29-21(23-17)24-20(28)14-9-19(27)25(10-14)15-3-1-2-4-15/h5-7,11,14-15H,1-4,8-10H2,(H,22,26)(H,23,24,28). The minimum atomic E-state index is -0.312. The Balaban J connectivity index is 1.25. The number of amides is 3. The zero-order valence-electron chi connectivity index (χ0n) is 15.9. The second-order valence-electron chi connectivity index (χ2n) is 8.01. The van der Waals surface area contributed by atoms with Crippen molar-refractivity contribution >= 4 is 39.9 Å². The number of anilines is 2. The molecule has 1 atom stereocenters. The summed E-state index contributed by atoms with van der Waals surface area (Å²) in [5.74, 6) is -0.352. The van der Waals surface area contributed by atoms with Crippen molar-refractivity contribution in [3.8, 4) is 11.3 Å². The van der Waals surface area contributed by atoms with Gasteiger partial charge in [-0.2, -0.15) is 0 Å². The van der Waals surface area contributed by atoms with Crippen LogP contribution in [0.1, 0.15) is 37.7 Å². The molecule has 150 valence electrons. The second-order valence-corrected chi connectivity index (χ2v) is 8.87. The van der Waals surface area contributed by atoms with Crippen molar-refractivity contribution in [2.45, 2.75) is 44.6 Å². The number of benzene rings is 1. The summed E-state index contributed by atoms with van der Waals surface area (Å²) in [4.78, 5) is 43.0. The summed E-state index contributed by atoms with van der Waals surface area (Å²) in [5, 5.41) is 8.14. The van der Waals surface area contributed by atoms with Crippen LogP contribution in [-0.4, -0.2) is 40.2 Å². The van der Waals surface area contributed by atoms with Gasteiger partial charge in [0.15, 0.2) is 5.13 Å². The average molecular weight is 410 g/mol. The van der Waals surface area contributed by atoms with Gasteiger partial charge < -0.3 is 15.5 Å². The van der Waals surface area contributed by atoms with E-state index < -0.39 is 0 Å². The zero-order valence-corrected chi connectivity index (χ0v) is 16.8. The van der Waals surface area contributed by atoms with Gasteiger partial charge >= 0.3 is 0 Å². The van der Waals surface area contributed by atoms with Gasteiger partial charge in [0.05, 0.1) is 18.0 Å². The number of carbonyl (C=O) groups is 3. The molecule has 1 aromatic heterocycles. The number of aromatic nitrogens is 1. The van der Waals surface area contributed by atoms with E-state index in [1.165, 1.54) is 24.2 Å². The maximum Gasteiger partial charge on any atom is 0.231 e. The maximum atomic E-state index is 12.7. The summed E-state index contributed by atoms with van der Waals surface area (Å²) in [5.41, 5.74) is 3.49. The van der Waals surface area contributed by atoms with E-state index in [1.54, 1.807) is 0 Å². The monoisotopic (exact) mass is 410 g/mol. The lowest BCUT2D eigenvalue weighted by molar-refractivity contribution is -0.130. The number of hydrogen-bond acceptors (Lipinski definition) is 5. The fourth-order valence-electron chi connectivity index (χ4n) is 4.54. The zero-order chi connectivity index (χ0) is 20.0. The first-order valence-corrected chi connectivity index (χ1v) is 10.9. The van der Waals surface area contributed by atoms with E-state index in [-0.39, 0.29) is 30.1 Å². The Hall–Kier alpha value is -2.74. The Morgan fingerprint density at radius 1 is 1.24 bits per heavy atom. The average Bonchev–Trinajstić information content (AvgIpc) is 3.47. The van der Waals surface area contributed by atoms with Gasteiger partial charge in [-0.15, -0.1) is 11.3 Å². The summed E-state index contributed by atoms with van der Waals surface area (Å²) < 4.78 is 0. The number of hydrogen-bond donors (Lipinski definition) is 2. The van der Waals surface area contributed by atoms with Gasteiger partial charge in [-0.25, -0.2) is 4.98 Å². The molecule has 1 unspecified atom stereocenters. The Bertz CT molecular complexity index is 996. The molecule has 8 heteroatoms. The molecule has 3 amide bonds. The number of carbonyl (C=O) groups excluding carboxylic acids is 3. The molecule has 0 bridgehead atoms. The molecule has 3 aliphatic rings. The van der Waals surface area contributed by atoms with Crippen LogP contribution in [-0.2, 0) is 20.8 Å². The topological polar surface area (TPSA) is 91.4 Å². The van der Waals surface area contributed by atoms with Gasteiger partial charge in [0.1, 0.15) is 0 Å². The molecular formula is C21H22N4O3S. The van der Waals surface area contributed by atoms with Crippen molar-refractivity contribution in [3.63, 3.8) is 0 Å². The van der Waals surface area contributed by atoms with E-state index >= 15 is 0 Å². The lowest BCUT2D eigenvalue weighted by Gasteiger charge is -2.23. The number of thiazole rings is 1. The fraction of sp³-hybridized carbons (Fsp3) is 0.429. The lowest BCUT2D eigenvalue weighted by atomic mass is 10.1. The summed E-state index contributed by atoms with van der Waals surface area (Å²) in [6.45, 7) is 0.513. The number of fused-ring (bicyclic) bond motifs is 1. The van der Waals surface area contributed by atoms with Gasteiger partial charge in [-0.3, -0.25) is 14.4 Å². The summed E-state index contributed by atoms with van der Waals surface area (Å²) >= 11 is 1.37. The van der Waals surface area contributed by atoms with Crippen LogP contribution in [0.3, 0.4) is 0 Å². The highest BCUT2D eigenvalue weighted by Gasteiger charge is 2.38. The first kappa shape index (κ1) is 18.3. The Morgan fingerprint density at radius 2 is 2.07 bits per heavy atom. The number of rotatable bonds is 4. The maximum absolute atomic E-state index is 12.7. The first-order valence-electron chi connectivity index (χ1n) is 10.1. The predicted molar refractivity (Wildman–Crippen MR) is 111 cm³/mol. The van der Waals surface area contributed by atoms with Crippen LogP contribution >= 0.6 is 11.3 Å². The Kier molecular flexibility index (Phi) is 4.58. The molecule has 2 fully saturated rings. The van der Waals surface area contributed by atoms with Crippen LogP contribution in [0.15, 0.2) is 23.6 Å². The molecule has 2 aromatic rings. The number of likely N-dealkylation sites (tertiary alicyclic amines) is 1. The van der Waals surface area contributed by atoms with Gasteiger partial charge in [0.25, 0.3) is 0 Å². The van der Waals surface area contributed by atoms with Crippen molar-refractivity contribution in [2.75, 3.05) is 17.2 Å². The second kappa shape index (κ2) is 7.26. The van der Waals surface area contributed by atoms with E-state index in [1.807, 2.05) is 28.5 Å². The quantitative estimate of drug-likeness (QED) is 0.811. The van der Waals surface area contributed by atoms with Crippen molar-refractivity contribution in [3.05, 3.63) is 29.1 Å². The van der Waals surface area contributed by atoms with Crippen molar-refractivity contribution in [1.29, 1.82) is 0 Å². The summed E-state index contributed by atoms with van der Waals surface area (Å²) in [6.07, 6.45) is 5.10. The van der Waals surface area contributed by atoms with Gasteiger partial charge in [0, 0.05) is 35.6 Å². The third kappa shape index (κ3) is 3.53. The SMILES string of the molecule is O=C1Cc2cc(-c3csc(NC(=O)C4CC(=O)N(C5CCCC5)C4)n3)ccc2N1. The van der Waals surface area contributed by atoms with Crippen LogP contribution in [0.25, 0.3) is 11.3 Å². The molecule has 7 nitrogen and oxygen atoms in total. The lowest BCUT2D eigenvalue weighted by Crippen LogP contribution is -2.35. The van der Waals surface area contributed by atoms with Crippen molar-refractivity contribution in [2.24, 2.45) is 5.92 Å². The highest BCUT2D eigenvalue weighted by Crippen LogP contribution is 2.32. The van der Waals surface area contributed by atoms with Crippen molar-refractivity contribution < 1.29 is 14.4 Å². The van der Waals surface area contributed by atoms with E-state index in [4.69, 9.17) is 0 Å². The molecule has 5 rings (SSSR count). The molecule has 0 radical (unpaired) electrons. The molecule has 0 spiro atoms. The molecule has 29 heavy (non-hydrogen) atoms. The van der Waals surface area contributed by atoms with Crippen LogP contribution in [0, 0.1) is 5.92 Å². The number of nitrogens with zero attached hydrogens (tertiary/aromatic N) is 2. The van der Waals surface area contributed by atoms with E-state index in [0.29, 0.717) is 24.1 Å². The van der Waals surface area contributed by atoms with Gasteiger partial charge in [-0.1, -0.05) is 18.9 Å². The third-order valence-corrected chi connectivity index (χ3v) is 6.81. The Morgan fingerprint density at radius 3 is 2.90 bits per heavy atom. The van der Waals surface area contributed by atoms with Crippen LogP contribution in [0.2, 0.25) is 0 Å². The molecule has 2 aliphatic heterocycles. The Labute approximate surface area is 172 Å². The van der Waals surface area contributed by atoms with E-state index in [0.717, 1.165) is 35.3 Å². The van der Waals surface area contributed by atoms with Crippen molar-refractivity contribution in [1.82, 2.24) is 9.88 Å². The molecule has 1 saturated heterocycles. The molecule has 1 aliphatic carbocycles. The summed E-state index contributed by atoms with van der Waals surface area (Å²) in [7, 11) is 0. The molecule has 1 saturated carbocycles. The molecule has 3 heterocycles. The normalized spacial score (nSPS) is 21.5. The third-order valence-electron chi connectivity index (χ3n) is 6.06. The van der Waals surface area contributed by atoms with Gasteiger partial charge in [0.2, 0.25) is 17.7 Å². The minimum Gasteiger partial charge on any atom is -0.339 e. The number of nitrogens with one attached hydrogen (secondary N) is 2.